The van der Waals surface area contributed by atoms with E-state index in [2.05, 4.69) is 10.5 Å². The summed E-state index contributed by atoms with van der Waals surface area (Å²) in [5.74, 6) is 1.48. The van der Waals surface area contributed by atoms with E-state index in [1.807, 2.05) is 32.0 Å². The molecule has 1 N–H and O–H groups in total. The van der Waals surface area contributed by atoms with Crippen molar-refractivity contribution in [2.45, 2.75) is 33.8 Å². The molecule has 0 saturated carbocycles. The maximum Gasteiger partial charge on any atom is 0.266 e. The Morgan fingerprint density at radius 2 is 2.10 bits per heavy atom. The number of benzene rings is 1. The number of hydrogen-bond donors (Lipinski definition) is 1. The molecule has 2 aromatic rings. The van der Waals surface area contributed by atoms with Gasteiger partial charge < -0.3 is 14.6 Å². The van der Waals surface area contributed by atoms with Crippen LogP contribution in [0.15, 0.2) is 28.8 Å². The van der Waals surface area contributed by atoms with Crippen LogP contribution >= 0.6 is 0 Å². The van der Waals surface area contributed by atoms with Crippen LogP contribution in [0.3, 0.4) is 0 Å². The summed E-state index contributed by atoms with van der Waals surface area (Å²) in [5, 5.41) is 6.36. The highest BCUT2D eigenvalue weighted by Gasteiger charge is 2.17. The van der Waals surface area contributed by atoms with Gasteiger partial charge in [-0.2, -0.15) is 0 Å². The molecule has 0 bridgehead atoms. The summed E-state index contributed by atoms with van der Waals surface area (Å²) in [6, 6.07) is 7.42. The third kappa shape index (κ3) is 3.17. The highest BCUT2D eigenvalue weighted by molar-refractivity contribution is 5.93. The van der Waals surface area contributed by atoms with E-state index in [0.29, 0.717) is 17.3 Å². The molecule has 1 amide bonds. The van der Waals surface area contributed by atoms with Crippen molar-refractivity contribution < 1.29 is 14.1 Å². The molecular formula is C15H18N2O3. The number of aromatic nitrogens is 1. The normalized spacial score (nSPS) is 12.0. The van der Waals surface area contributed by atoms with E-state index < -0.39 is 6.10 Å². The topological polar surface area (TPSA) is 64.4 Å². The molecule has 0 aliphatic carbocycles. The van der Waals surface area contributed by atoms with E-state index in [9.17, 15) is 4.79 Å². The van der Waals surface area contributed by atoms with Gasteiger partial charge in [0, 0.05) is 6.07 Å². The van der Waals surface area contributed by atoms with Crippen molar-refractivity contribution in [1.82, 2.24) is 5.16 Å². The van der Waals surface area contributed by atoms with E-state index in [1.165, 1.54) is 0 Å². The number of amides is 1. The van der Waals surface area contributed by atoms with Crippen LogP contribution < -0.4 is 10.1 Å². The molecule has 0 saturated heterocycles. The second kappa shape index (κ2) is 5.77. The molecular weight excluding hydrogens is 256 g/mol. The highest BCUT2D eigenvalue weighted by Crippen LogP contribution is 2.22. The van der Waals surface area contributed by atoms with Crippen LogP contribution in [0.1, 0.15) is 23.8 Å². The Balaban J connectivity index is 2.02. The van der Waals surface area contributed by atoms with Gasteiger partial charge in [-0.1, -0.05) is 17.3 Å². The summed E-state index contributed by atoms with van der Waals surface area (Å²) in [6.45, 7) is 7.43. The molecule has 0 radical (unpaired) electrons. The van der Waals surface area contributed by atoms with Crippen molar-refractivity contribution in [2.75, 3.05) is 5.32 Å². The minimum atomic E-state index is -0.618. The minimum absolute atomic E-state index is 0.265. The van der Waals surface area contributed by atoms with Gasteiger partial charge in [0.05, 0.1) is 0 Å². The molecule has 1 atom stereocenters. The maximum absolute atomic E-state index is 12.0. The smallest absolute Gasteiger partial charge is 0.266 e. The van der Waals surface area contributed by atoms with Crippen LogP contribution in [0.4, 0.5) is 5.82 Å². The number of carbonyl (C=O) groups is 1. The van der Waals surface area contributed by atoms with Crippen molar-refractivity contribution in [1.29, 1.82) is 0 Å². The zero-order valence-electron chi connectivity index (χ0n) is 12.1. The molecule has 0 aliphatic rings. The quantitative estimate of drug-likeness (QED) is 0.930. The summed E-state index contributed by atoms with van der Waals surface area (Å²) in [4.78, 5) is 12.0. The van der Waals surface area contributed by atoms with Crippen molar-refractivity contribution in [3.8, 4) is 5.75 Å². The van der Waals surface area contributed by atoms with Gasteiger partial charge in [-0.15, -0.1) is 0 Å². The van der Waals surface area contributed by atoms with Gasteiger partial charge in [0.1, 0.15) is 11.5 Å². The lowest BCUT2D eigenvalue weighted by Gasteiger charge is -2.16. The SMILES string of the molecule is Cc1cc(NC(=O)[C@@H](C)Oc2cccc(C)c2C)no1. The zero-order chi connectivity index (χ0) is 14.7. The van der Waals surface area contributed by atoms with Crippen molar-refractivity contribution in [3.05, 3.63) is 41.2 Å². The van der Waals surface area contributed by atoms with E-state index in [4.69, 9.17) is 9.26 Å². The lowest BCUT2D eigenvalue weighted by atomic mass is 10.1. The fourth-order valence-corrected chi connectivity index (χ4v) is 1.75. The first-order valence-electron chi connectivity index (χ1n) is 6.44. The van der Waals surface area contributed by atoms with Crippen LogP contribution in [0.2, 0.25) is 0 Å². The first-order chi connectivity index (χ1) is 9.47. The summed E-state index contributed by atoms with van der Waals surface area (Å²) >= 11 is 0. The molecule has 1 aromatic heterocycles. The van der Waals surface area contributed by atoms with Gasteiger partial charge in [-0.25, -0.2) is 0 Å². The Morgan fingerprint density at radius 1 is 1.35 bits per heavy atom. The third-order valence-corrected chi connectivity index (χ3v) is 3.11. The van der Waals surface area contributed by atoms with E-state index in [-0.39, 0.29) is 5.91 Å². The zero-order valence-corrected chi connectivity index (χ0v) is 12.1. The first kappa shape index (κ1) is 14.1. The fraction of sp³-hybridized carbons (Fsp3) is 0.333. The minimum Gasteiger partial charge on any atom is -0.481 e. The molecule has 106 valence electrons. The molecule has 0 aliphatic heterocycles. The summed E-state index contributed by atoms with van der Waals surface area (Å²) in [6.07, 6.45) is -0.618. The number of anilines is 1. The lowest BCUT2D eigenvalue weighted by molar-refractivity contribution is -0.122. The molecule has 0 unspecified atom stereocenters. The lowest BCUT2D eigenvalue weighted by Crippen LogP contribution is -2.30. The predicted molar refractivity (Wildman–Crippen MR) is 75.9 cm³/mol. The number of hydrogen-bond acceptors (Lipinski definition) is 4. The number of nitrogens with zero attached hydrogens (tertiary/aromatic N) is 1. The Bertz CT molecular complexity index is 619. The first-order valence-corrected chi connectivity index (χ1v) is 6.44. The van der Waals surface area contributed by atoms with Crippen molar-refractivity contribution >= 4 is 11.7 Å². The van der Waals surface area contributed by atoms with Crippen LogP contribution in [-0.4, -0.2) is 17.2 Å². The number of rotatable bonds is 4. The molecule has 5 nitrogen and oxygen atoms in total. The number of nitrogens with one attached hydrogen (secondary N) is 1. The Labute approximate surface area is 117 Å². The second-order valence-corrected chi connectivity index (χ2v) is 4.77. The average Bonchev–Trinajstić information content (AvgIpc) is 2.80. The molecule has 0 fully saturated rings. The van der Waals surface area contributed by atoms with Crippen molar-refractivity contribution in [3.63, 3.8) is 0 Å². The average molecular weight is 274 g/mol. The number of carbonyl (C=O) groups excluding carboxylic acids is 1. The fourth-order valence-electron chi connectivity index (χ4n) is 1.75. The van der Waals surface area contributed by atoms with E-state index in [0.717, 1.165) is 11.1 Å². The predicted octanol–water partition coefficient (Wildman–Crippen LogP) is 3.01. The van der Waals surface area contributed by atoms with Gasteiger partial charge in [-0.05, 0) is 44.9 Å². The molecule has 0 spiro atoms. The molecule has 1 aromatic carbocycles. The summed E-state index contributed by atoms with van der Waals surface area (Å²) in [5.41, 5.74) is 2.16. The number of ether oxygens (including phenoxy) is 1. The van der Waals surface area contributed by atoms with Crippen LogP contribution in [-0.2, 0) is 4.79 Å². The van der Waals surface area contributed by atoms with Gasteiger partial charge in [0.15, 0.2) is 11.9 Å². The van der Waals surface area contributed by atoms with Crippen LogP contribution in [0.5, 0.6) is 5.75 Å². The Hall–Kier alpha value is -2.30. The standard InChI is InChI=1S/C15H18N2O3/c1-9-6-5-7-13(11(9)3)19-12(4)15(18)16-14-8-10(2)20-17-14/h5-8,12H,1-4H3,(H,16,17,18)/t12-/m1/s1. The van der Waals surface area contributed by atoms with E-state index >= 15 is 0 Å². The molecule has 2 rings (SSSR count). The molecule has 5 heteroatoms. The van der Waals surface area contributed by atoms with Gasteiger partial charge in [-0.3, -0.25) is 4.79 Å². The van der Waals surface area contributed by atoms with Crippen molar-refractivity contribution in [2.24, 2.45) is 0 Å². The largest absolute Gasteiger partial charge is 0.481 e. The molecule has 1 heterocycles. The maximum atomic E-state index is 12.0. The summed E-state index contributed by atoms with van der Waals surface area (Å²) < 4.78 is 10.6. The third-order valence-electron chi connectivity index (χ3n) is 3.11. The Kier molecular flexibility index (Phi) is 4.08. The monoisotopic (exact) mass is 274 g/mol. The summed E-state index contributed by atoms with van der Waals surface area (Å²) in [7, 11) is 0. The second-order valence-electron chi connectivity index (χ2n) is 4.77. The van der Waals surface area contributed by atoms with Crippen LogP contribution in [0.25, 0.3) is 0 Å². The number of aryl methyl sites for hydroxylation is 2. The van der Waals surface area contributed by atoms with E-state index in [1.54, 1.807) is 19.9 Å². The van der Waals surface area contributed by atoms with Gasteiger partial charge in [0.2, 0.25) is 0 Å². The molecule has 20 heavy (non-hydrogen) atoms. The highest BCUT2D eigenvalue weighted by atomic mass is 16.5. The van der Waals surface area contributed by atoms with Gasteiger partial charge in [0.25, 0.3) is 5.91 Å². The Morgan fingerprint density at radius 3 is 2.75 bits per heavy atom. The van der Waals surface area contributed by atoms with Crippen LogP contribution in [0, 0.1) is 20.8 Å². The van der Waals surface area contributed by atoms with Gasteiger partial charge >= 0.3 is 0 Å².